The Labute approximate surface area is 332 Å². The SMILES string of the molecule is c1ccc(-c2ccccc2N(c2ccc3c(c2)sc2ccccc23)c2cccc3c2[C@]2(CCc4cccc(N(c5ccccc5)c5ccccc5)c42)CC3)cc1. The zero-order valence-corrected chi connectivity index (χ0v) is 31.9. The molecule has 0 aliphatic heterocycles. The molecular formula is C53H40N2S. The second kappa shape index (κ2) is 13.4. The fraction of sp³-hybridized carbons (Fsp3) is 0.0943. The van der Waals surface area contributed by atoms with E-state index in [-0.39, 0.29) is 5.41 Å². The van der Waals surface area contributed by atoms with Gasteiger partial charge in [-0.1, -0.05) is 133 Å². The first-order valence-corrected chi connectivity index (χ1v) is 20.6. The summed E-state index contributed by atoms with van der Waals surface area (Å²) in [6.07, 6.45) is 4.29. The Morgan fingerprint density at radius 3 is 1.61 bits per heavy atom. The highest BCUT2D eigenvalue weighted by atomic mass is 32.1. The first-order chi connectivity index (χ1) is 27.8. The second-order valence-electron chi connectivity index (χ2n) is 15.2. The monoisotopic (exact) mass is 736 g/mol. The summed E-state index contributed by atoms with van der Waals surface area (Å²) in [6, 6.07) is 71.8. The average Bonchev–Trinajstić information content (AvgIpc) is 3.96. The Hall–Kier alpha value is -6.42. The van der Waals surface area contributed by atoms with E-state index in [0.29, 0.717) is 0 Å². The Balaban J connectivity index is 1.17. The Kier molecular flexibility index (Phi) is 7.89. The van der Waals surface area contributed by atoms with E-state index in [9.17, 15) is 0 Å². The van der Waals surface area contributed by atoms with E-state index in [1.54, 1.807) is 0 Å². The van der Waals surface area contributed by atoms with Gasteiger partial charge in [-0.3, -0.25) is 0 Å². The summed E-state index contributed by atoms with van der Waals surface area (Å²) >= 11 is 1.89. The van der Waals surface area contributed by atoms with Gasteiger partial charge in [-0.05, 0) is 114 Å². The minimum atomic E-state index is -0.151. The molecule has 268 valence electrons. The lowest BCUT2D eigenvalue weighted by Gasteiger charge is -2.37. The van der Waals surface area contributed by atoms with E-state index in [2.05, 4.69) is 204 Å². The molecule has 0 unspecified atom stereocenters. The molecule has 3 heteroatoms. The second-order valence-corrected chi connectivity index (χ2v) is 16.3. The van der Waals surface area contributed by atoms with Crippen molar-refractivity contribution in [2.45, 2.75) is 31.1 Å². The fourth-order valence-electron chi connectivity index (χ4n) is 9.89. The lowest BCUT2D eigenvalue weighted by atomic mass is 9.74. The van der Waals surface area contributed by atoms with E-state index in [4.69, 9.17) is 0 Å². The van der Waals surface area contributed by atoms with Gasteiger partial charge in [0.2, 0.25) is 0 Å². The standard InChI is InChI=1S/C53H40N2S/c1-4-16-37(17-5-1)43-24-10-12-26-46(43)55(42-30-31-45-44-25-11-13-29-49(44)56-50(45)36-42)48-28-15-19-39-33-35-53(52(39)48)34-32-38-18-14-27-47(51(38)53)54(40-20-6-2-7-21-40)41-22-8-3-9-23-41/h1-31,36H,32-35H2/t53-/m1/s1. The summed E-state index contributed by atoms with van der Waals surface area (Å²) in [5.41, 5.74) is 15.5. The highest BCUT2D eigenvalue weighted by Crippen LogP contribution is 2.60. The van der Waals surface area contributed by atoms with Crippen LogP contribution in [0, 0.1) is 0 Å². The molecule has 0 amide bonds. The molecule has 0 bridgehead atoms. The van der Waals surface area contributed by atoms with Crippen molar-refractivity contribution >= 4 is 65.6 Å². The number of aryl methyl sites for hydroxylation is 2. The number of rotatable bonds is 7. The highest BCUT2D eigenvalue weighted by Gasteiger charge is 2.49. The van der Waals surface area contributed by atoms with Crippen LogP contribution in [-0.2, 0) is 18.3 Å². The van der Waals surface area contributed by atoms with Crippen molar-refractivity contribution in [1.82, 2.24) is 0 Å². The van der Waals surface area contributed by atoms with Crippen LogP contribution in [-0.4, -0.2) is 0 Å². The zero-order valence-electron chi connectivity index (χ0n) is 31.1. The first-order valence-electron chi connectivity index (χ1n) is 19.8. The maximum absolute atomic E-state index is 2.59. The zero-order chi connectivity index (χ0) is 37.1. The van der Waals surface area contributed by atoms with Crippen LogP contribution in [0.3, 0.4) is 0 Å². The molecule has 0 saturated carbocycles. The topological polar surface area (TPSA) is 6.48 Å². The van der Waals surface area contributed by atoms with Crippen LogP contribution in [0.25, 0.3) is 31.3 Å². The Bertz CT molecular complexity index is 2840. The van der Waals surface area contributed by atoms with Crippen molar-refractivity contribution in [1.29, 1.82) is 0 Å². The predicted octanol–water partition coefficient (Wildman–Crippen LogP) is 14.8. The number of benzene rings is 8. The van der Waals surface area contributed by atoms with Crippen molar-refractivity contribution in [3.63, 3.8) is 0 Å². The number of nitrogens with zero attached hydrogens (tertiary/aromatic N) is 2. The molecule has 11 rings (SSSR count). The lowest BCUT2D eigenvalue weighted by Crippen LogP contribution is -2.27. The average molecular weight is 737 g/mol. The predicted molar refractivity (Wildman–Crippen MR) is 238 cm³/mol. The summed E-state index contributed by atoms with van der Waals surface area (Å²) < 4.78 is 2.63. The van der Waals surface area contributed by atoms with Crippen LogP contribution in [0.1, 0.15) is 35.1 Å². The molecule has 56 heavy (non-hydrogen) atoms. The number of para-hydroxylation sites is 3. The third kappa shape index (κ3) is 5.22. The van der Waals surface area contributed by atoms with Crippen molar-refractivity contribution < 1.29 is 0 Å². The lowest BCUT2D eigenvalue weighted by molar-refractivity contribution is 0.508. The number of thiophene rings is 1. The normalized spacial score (nSPS) is 15.6. The van der Waals surface area contributed by atoms with Crippen molar-refractivity contribution in [2.24, 2.45) is 0 Å². The molecule has 0 saturated heterocycles. The molecule has 8 aromatic carbocycles. The molecule has 1 aromatic heterocycles. The fourth-order valence-corrected chi connectivity index (χ4v) is 11.0. The molecule has 0 radical (unpaired) electrons. The molecule has 2 aliphatic carbocycles. The molecule has 1 atom stereocenters. The van der Waals surface area contributed by atoms with Crippen LogP contribution in [0.5, 0.6) is 0 Å². The largest absolute Gasteiger partial charge is 0.310 e. The third-order valence-electron chi connectivity index (χ3n) is 12.2. The molecule has 2 nitrogen and oxygen atoms in total. The van der Waals surface area contributed by atoms with E-state index in [1.807, 2.05) is 11.3 Å². The number of hydrogen-bond acceptors (Lipinski definition) is 3. The molecule has 9 aromatic rings. The van der Waals surface area contributed by atoms with Gasteiger partial charge in [-0.15, -0.1) is 11.3 Å². The maximum Gasteiger partial charge on any atom is 0.0540 e. The van der Waals surface area contributed by atoms with Crippen LogP contribution in [0.2, 0.25) is 0 Å². The molecule has 1 spiro atoms. The van der Waals surface area contributed by atoms with E-state index < -0.39 is 0 Å². The van der Waals surface area contributed by atoms with Crippen LogP contribution in [0.15, 0.2) is 194 Å². The van der Waals surface area contributed by atoms with Crippen LogP contribution in [0.4, 0.5) is 34.1 Å². The molecular weight excluding hydrogens is 697 g/mol. The first kappa shape index (κ1) is 33.0. The summed E-state index contributed by atoms with van der Waals surface area (Å²) in [5.74, 6) is 0. The molecule has 2 aliphatic rings. The molecule has 1 heterocycles. The Morgan fingerprint density at radius 2 is 0.929 bits per heavy atom. The smallest absolute Gasteiger partial charge is 0.0540 e. The maximum atomic E-state index is 2.59. The van der Waals surface area contributed by atoms with E-state index in [1.165, 1.54) is 87.7 Å². The molecule has 0 fully saturated rings. The van der Waals surface area contributed by atoms with Crippen molar-refractivity contribution in [2.75, 3.05) is 9.80 Å². The van der Waals surface area contributed by atoms with Gasteiger partial charge in [-0.2, -0.15) is 0 Å². The van der Waals surface area contributed by atoms with Gasteiger partial charge in [0.05, 0.1) is 17.1 Å². The summed E-state index contributed by atoms with van der Waals surface area (Å²) in [7, 11) is 0. The third-order valence-corrected chi connectivity index (χ3v) is 13.4. The minimum absolute atomic E-state index is 0.151. The van der Waals surface area contributed by atoms with Crippen molar-refractivity contribution in [3.8, 4) is 11.1 Å². The van der Waals surface area contributed by atoms with Gasteiger partial charge in [0.15, 0.2) is 0 Å². The summed E-state index contributed by atoms with van der Waals surface area (Å²) in [5, 5.41) is 2.64. The molecule has 0 N–H and O–H groups in total. The van der Waals surface area contributed by atoms with Gasteiger partial charge >= 0.3 is 0 Å². The van der Waals surface area contributed by atoms with Crippen molar-refractivity contribution in [3.05, 3.63) is 216 Å². The van der Waals surface area contributed by atoms with E-state index in [0.717, 1.165) is 25.7 Å². The van der Waals surface area contributed by atoms with Gasteiger partial charge in [0.1, 0.15) is 0 Å². The van der Waals surface area contributed by atoms with Gasteiger partial charge < -0.3 is 9.80 Å². The number of hydrogen-bond donors (Lipinski definition) is 0. The van der Waals surface area contributed by atoms with Gasteiger partial charge in [0, 0.05) is 48.2 Å². The number of fused-ring (bicyclic) bond motifs is 7. The number of anilines is 6. The van der Waals surface area contributed by atoms with Gasteiger partial charge in [-0.25, -0.2) is 0 Å². The van der Waals surface area contributed by atoms with Crippen LogP contribution < -0.4 is 9.80 Å². The van der Waals surface area contributed by atoms with Gasteiger partial charge in [0.25, 0.3) is 0 Å². The van der Waals surface area contributed by atoms with E-state index >= 15 is 0 Å². The summed E-state index contributed by atoms with van der Waals surface area (Å²) in [4.78, 5) is 5.08. The Morgan fingerprint density at radius 1 is 0.393 bits per heavy atom. The summed E-state index contributed by atoms with van der Waals surface area (Å²) in [6.45, 7) is 0. The van der Waals surface area contributed by atoms with Crippen LogP contribution >= 0.6 is 11.3 Å². The highest BCUT2D eigenvalue weighted by molar-refractivity contribution is 7.25. The quantitative estimate of drug-likeness (QED) is 0.161. The minimum Gasteiger partial charge on any atom is -0.310 e.